The maximum atomic E-state index is 11.8. The van der Waals surface area contributed by atoms with Crippen molar-refractivity contribution in [1.82, 2.24) is 0 Å². The van der Waals surface area contributed by atoms with Gasteiger partial charge in [0.05, 0.1) is 0 Å². The van der Waals surface area contributed by atoms with Crippen LogP contribution in [0.5, 0.6) is 11.5 Å². The summed E-state index contributed by atoms with van der Waals surface area (Å²) in [5.41, 5.74) is 0.330. The molecule has 1 aliphatic heterocycles. The van der Waals surface area contributed by atoms with Gasteiger partial charge in [-0.3, -0.25) is 4.79 Å². The Labute approximate surface area is 111 Å². The number of aliphatic carboxylic acids is 1. The predicted octanol–water partition coefficient (Wildman–Crippen LogP) is 2.04. The van der Waals surface area contributed by atoms with Gasteiger partial charge in [-0.15, -0.1) is 0 Å². The molecule has 1 heterocycles. The Morgan fingerprint density at radius 2 is 1.78 bits per heavy atom. The van der Waals surface area contributed by atoms with Crippen LogP contribution in [0.2, 0.25) is 0 Å². The Morgan fingerprint density at radius 1 is 1.17 bits per heavy atom. The molecule has 0 amide bonds. The third-order valence-corrected chi connectivity index (χ3v) is 2.93. The number of carboxylic acid groups (broad SMARTS) is 1. The van der Waals surface area contributed by atoms with Crippen molar-refractivity contribution in [1.29, 1.82) is 0 Å². The van der Waals surface area contributed by atoms with E-state index in [9.17, 15) is 9.59 Å². The minimum Gasteiger partial charge on any atom is -0.486 e. The first kappa shape index (κ1) is 12.6. The summed E-state index contributed by atoms with van der Waals surface area (Å²) < 4.78 is 11.2. The van der Waals surface area contributed by atoms with Gasteiger partial charge in [-0.25, -0.2) is 4.79 Å². The molecule has 5 nitrogen and oxygen atoms in total. The number of ketones is 1. The van der Waals surface area contributed by atoms with Crippen molar-refractivity contribution in [3.63, 3.8) is 0 Å². The first-order valence-corrected chi connectivity index (χ1v) is 5.91. The molecule has 0 radical (unpaired) electrons. The van der Waals surface area contributed by atoms with Crippen LogP contribution in [0.1, 0.15) is 10.4 Å². The first-order chi connectivity index (χ1) is 8.58. The Hall–Kier alpha value is -1.82. The molecule has 1 aromatic carbocycles. The van der Waals surface area contributed by atoms with Crippen LogP contribution in [0.3, 0.4) is 0 Å². The lowest BCUT2D eigenvalue weighted by Gasteiger charge is -2.19. The molecule has 1 N–H and O–H groups in total. The fourth-order valence-corrected chi connectivity index (χ4v) is 2.01. The molecule has 0 bridgehead atoms. The van der Waals surface area contributed by atoms with E-state index in [1.807, 2.05) is 0 Å². The Balaban J connectivity index is 2.33. The van der Waals surface area contributed by atoms with E-state index in [0.717, 1.165) is 12.2 Å². The molecular weight excluding hydrogens is 304 g/mol. The van der Waals surface area contributed by atoms with Crippen molar-refractivity contribution in [3.05, 3.63) is 34.3 Å². The molecule has 0 unspecified atom stereocenters. The molecule has 0 spiro atoms. The fourth-order valence-electron chi connectivity index (χ4n) is 1.49. The highest BCUT2D eigenvalue weighted by molar-refractivity contribution is 9.10. The maximum absolute atomic E-state index is 11.8. The normalized spacial score (nSPS) is 13.6. The van der Waals surface area contributed by atoms with Crippen LogP contribution in [0.15, 0.2) is 28.8 Å². The van der Waals surface area contributed by atoms with Crippen molar-refractivity contribution >= 4 is 27.7 Å². The second-order valence-electron chi connectivity index (χ2n) is 3.51. The average molecular weight is 313 g/mol. The van der Waals surface area contributed by atoms with Gasteiger partial charge >= 0.3 is 5.97 Å². The minimum atomic E-state index is -1.17. The SMILES string of the molecule is O=C(O)C=CC(=O)c1cc2c(cc1Br)OCCO2. The number of carboxylic acids is 1. The Bertz CT molecular complexity index is 536. The molecule has 18 heavy (non-hydrogen) atoms. The summed E-state index contributed by atoms with van der Waals surface area (Å²) in [6.45, 7) is 0.888. The van der Waals surface area contributed by atoms with E-state index in [1.54, 1.807) is 6.07 Å². The van der Waals surface area contributed by atoms with Gasteiger partial charge in [0.2, 0.25) is 0 Å². The van der Waals surface area contributed by atoms with Gasteiger partial charge in [-0.05, 0) is 34.1 Å². The van der Waals surface area contributed by atoms with E-state index in [4.69, 9.17) is 14.6 Å². The van der Waals surface area contributed by atoms with Crippen LogP contribution in [0.4, 0.5) is 0 Å². The fraction of sp³-hybridized carbons (Fsp3) is 0.167. The molecule has 0 saturated heterocycles. The highest BCUT2D eigenvalue weighted by Gasteiger charge is 2.17. The van der Waals surface area contributed by atoms with E-state index in [1.165, 1.54) is 6.07 Å². The van der Waals surface area contributed by atoms with E-state index in [-0.39, 0.29) is 0 Å². The second kappa shape index (κ2) is 5.22. The second-order valence-corrected chi connectivity index (χ2v) is 4.37. The number of fused-ring (bicyclic) bond motifs is 1. The molecule has 0 fully saturated rings. The lowest BCUT2D eigenvalue weighted by Crippen LogP contribution is -2.16. The highest BCUT2D eigenvalue weighted by Crippen LogP contribution is 2.35. The van der Waals surface area contributed by atoms with Crippen LogP contribution in [0.25, 0.3) is 0 Å². The topological polar surface area (TPSA) is 72.8 Å². The summed E-state index contributed by atoms with van der Waals surface area (Å²) in [6, 6.07) is 3.17. The lowest BCUT2D eigenvalue weighted by atomic mass is 10.1. The predicted molar refractivity (Wildman–Crippen MR) is 66.2 cm³/mol. The highest BCUT2D eigenvalue weighted by atomic mass is 79.9. The number of ether oxygens (including phenoxy) is 2. The number of benzene rings is 1. The number of hydrogen-bond acceptors (Lipinski definition) is 4. The minimum absolute atomic E-state index is 0.330. The molecule has 0 aliphatic carbocycles. The molecule has 0 saturated carbocycles. The average Bonchev–Trinajstić information content (AvgIpc) is 2.35. The van der Waals surface area contributed by atoms with Crippen LogP contribution in [-0.2, 0) is 4.79 Å². The summed E-state index contributed by atoms with van der Waals surface area (Å²) in [7, 11) is 0. The Kier molecular flexibility index (Phi) is 3.66. The third-order valence-electron chi connectivity index (χ3n) is 2.27. The van der Waals surface area contributed by atoms with Gasteiger partial charge in [0.1, 0.15) is 13.2 Å². The zero-order valence-electron chi connectivity index (χ0n) is 9.18. The number of carbonyl (C=O) groups is 2. The molecule has 6 heteroatoms. The summed E-state index contributed by atoms with van der Waals surface area (Å²) in [5.74, 6) is -0.540. The molecule has 1 aromatic rings. The lowest BCUT2D eigenvalue weighted by molar-refractivity contribution is -0.131. The summed E-state index contributed by atoms with van der Waals surface area (Å²) in [5, 5.41) is 8.48. The van der Waals surface area contributed by atoms with E-state index in [0.29, 0.717) is 34.7 Å². The summed E-state index contributed by atoms with van der Waals surface area (Å²) >= 11 is 3.25. The molecule has 2 rings (SSSR count). The molecule has 0 aromatic heterocycles. The van der Waals surface area contributed by atoms with Gasteiger partial charge in [-0.1, -0.05) is 0 Å². The van der Waals surface area contributed by atoms with Gasteiger partial charge in [-0.2, -0.15) is 0 Å². The van der Waals surface area contributed by atoms with Crippen LogP contribution < -0.4 is 9.47 Å². The van der Waals surface area contributed by atoms with Gasteiger partial charge in [0.15, 0.2) is 17.3 Å². The molecular formula is C12H9BrO5. The first-order valence-electron chi connectivity index (χ1n) is 5.12. The van der Waals surface area contributed by atoms with Gasteiger partial charge < -0.3 is 14.6 Å². The zero-order chi connectivity index (χ0) is 13.1. The monoisotopic (exact) mass is 312 g/mol. The number of allylic oxidation sites excluding steroid dienone is 1. The maximum Gasteiger partial charge on any atom is 0.328 e. The number of hydrogen-bond donors (Lipinski definition) is 1. The van der Waals surface area contributed by atoms with E-state index < -0.39 is 11.8 Å². The quantitative estimate of drug-likeness (QED) is 0.683. The van der Waals surface area contributed by atoms with Crippen LogP contribution >= 0.6 is 15.9 Å². The largest absolute Gasteiger partial charge is 0.486 e. The van der Waals surface area contributed by atoms with E-state index in [2.05, 4.69) is 15.9 Å². The molecule has 1 aliphatic rings. The molecule has 0 atom stereocenters. The van der Waals surface area contributed by atoms with Crippen molar-refractivity contribution in [2.75, 3.05) is 13.2 Å². The zero-order valence-corrected chi connectivity index (χ0v) is 10.8. The smallest absolute Gasteiger partial charge is 0.328 e. The van der Waals surface area contributed by atoms with Crippen molar-refractivity contribution in [2.45, 2.75) is 0 Å². The number of halogens is 1. The van der Waals surface area contributed by atoms with E-state index >= 15 is 0 Å². The summed E-state index contributed by atoms with van der Waals surface area (Å²) in [6.07, 6.45) is 1.80. The van der Waals surface area contributed by atoms with Gasteiger partial charge in [0, 0.05) is 16.1 Å². The van der Waals surface area contributed by atoms with Crippen LogP contribution in [0, 0.1) is 0 Å². The van der Waals surface area contributed by atoms with Crippen molar-refractivity contribution in [2.24, 2.45) is 0 Å². The number of carbonyl (C=O) groups excluding carboxylic acids is 1. The molecule has 94 valence electrons. The third kappa shape index (κ3) is 2.70. The standard InChI is InChI=1S/C12H9BrO5/c13-8-6-11-10(17-3-4-18-11)5-7(8)9(14)1-2-12(15)16/h1-2,5-6H,3-4H2,(H,15,16). The van der Waals surface area contributed by atoms with Crippen molar-refractivity contribution < 1.29 is 24.2 Å². The number of rotatable bonds is 3. The Morgan fingerprint density at radius 3 is 2.39 bits per heavy atom. The van der Waals surface area contributed by atoms with Crippen LogP contribution in [-0.4, -0.2) is 30.1 Å². The summed E-state index contributed by atoms with van der Waals surface area (Å²) in [4.78, 5) is 22.1. The van der Waals surface area contributed by atoms with Gasteiger partial charge in [0.25, 0.3) is 0 Å². The van der Waals surface area contributed by atoms with Crippen molar-refractivity contribution in [3.8, 4) is 11.5 Å².